The molecule has 3 heterocycles. The lowest BCUT2D eigenvalue weighted by Gasteiger charge is -2.45. The van der Waals surface area contributed by atoms with E-state index in [-0.39, 0.29) is 18.9 Å². The second-order valence-corrected chi connectivity index (χ2v) is 8.52. The summed E-state index contributed by atoms with van der Waals surface area (Å²) in [6.45, 7) is 5.59. The normalized spacial score (nSPS) is 15.7. The SMILES string of the molecule is COc1ccc(F)cc1-c1ccnc2[nH]c(C3(O)CN(C(=O)OC(C)(C)C)C3)cc12. The van der Waals surface area contributed by atoms with Crippen LogP contribution in [0.5, 0.6) is 5.75 Å². The van der Waals surface area contributed by atoms with Gasteiger partial charge in [-0.05, 0) is 56.7 Å². The molecular formula is C22H24FN3O4. The minimum atomic E-state index is -1.24. The van der Waals surface area contributed by atoms with E-state index in [1.165, 1.54) is 24.1 Å². The third kappa shape index (κ3) is 3.59. The van der Waals surface area contributed by atoms with Gasteiger partial charge in [0.05, 0.1) is 25.9 Å². The summed E-state index contributed by atoms with van der Waals surface area (Å²) in [4.78, 5) is 21.1. The van der Waals surface area contributed by atoms with E-state index < -0.39 is 17.3 Å². The van der Waals surface area contributed by atoms with E-state index >= 15 is 0 Å². The van der Waals surface area contributed by atoms with Crippen LogP contribution >= 0.6 is 0 Å². The summed E-state index contributed by atoms with van der Waals surface area (Å²) >= 11 is 0. The van der Waals surface area contributed by atoms with Gasteiger partial charge in [-0.25, -0.2) is 14.2 Å². The van der Waals surface area contributed by atoms with Gasteiger partial charge in [0.2, 0.25) is 0 Å². The van der Waals surface area contributed by atoms with E-state index in [4.69, 9.17) is 9.47 Å². The van der Waals surface area contributed by atoms with Crippen LogP contribution in [-0.2, 0) is 10.3 Å². The van der Waals surface area contributed by atoms with Gasteiger partial charge in [0, 0.05) is 17.1 Å². The number of carbonyl (C=O) groups is 1. The summed E-state index contributed by atoms with van der Waals surface area (Å²) in [6.07, 6.45) is 1.15. The molecule has 1 saturated heterocycles. The Kier molecular flexibility index (Phi) is 4.69. The highest BCUT2D eigenvalue weighted by molar-refractivity contribution is 5.95. The topological polar surface area (TPSA) is 87.7 Å². The maximum absolute atomic E-state index is 13.9. The number of aromatic nitrogens is 2. The van der Waals surface area contributed by atoms with Gasteiger partial charge < -0.3 is 24.5 Å². The third-order valence-electron chi connectivity index (χ3n) is 5.04. The molecule has 158 valence electrons. The number of aromatic amines is 1. The second-order valence-electron chi connectivity index (χ2n) is 8.52. The van der Waals surface area contributed by atoms with Crippen LogP contribution < -0.4 is 4.74 Å². The predicted octanol–water partition coefficient (Wildman–Crippen LogP) is 3.82. The van der Waals surface area contributed by atoms with Crippen LogP contribution in [0.25, 0.3) is 22.2 Å². The number of pyridine rings is 1. The molecule has 1 amide bonds. The number of fused-ring (bicyclic) bond motifs is 1. The summed E-state index contributed by atoms with van der Waals surface area (Å²) in [5, 5.41) is 11.7. The molecule has 1 aliphatic rings. The Morgan fingerprint density at radius 1 is 1.23 bits per heavy atom. The number of nitrogens with zero attached hydrogens (tertiary/aromatic N) is 2. The number of likely N-dealkylation sites (tertiary alicyclic amines) is 1. The molecule has 2 aromatic heterocycles. The average Bonchev–Trinajstić information content (AvgIpc) is 3.08. The minimum Gasteiger partial charge on any atom is -0.496 e. The van der Waals surface area contributed by atoms with Crippen molar-refractivity contribution in [3.8, 4) is 16.9 Å². The highest BCUT2D eigenvalue weighted by Crippen LogP contribution is 2.38. The van der Waals surface area contributed by atoms with Crippen molar-refractivity contribution in [3.05, 3.63) is 48.0 Å². The van der Waals surface area contributed by atoms with Crippen molar-refractivity contribution in [2.24, 2.45) is 0 Å². The molecule has 0 saturated carbocycles. The van der Waals surface area contributed by atoms with E-state index in [2.05, 4.69) is 9.97 Å². The first-order valence-electron chi connectivity index (χ1n) is 9.62. The molecule has 1 aliphatic heterocycles. The molecule has 2 N–H and O–H groups in total. The Hall–Kier alpha value is -3.13. The van der Waals surface area contributed by atoms with Crippen LogP contribution in [-0.4, -0.2) is 51.9 Å². The fourth-order valence-electron chi connectivity index (χ4n) is 3.61. The van der Waals surface area contributed by atoms with Crippen LogP contribution in [0.1, 0.15) is 26.5 Å². The van der Waals surface area contributed by atoms with Crippen LogP contribution in [0, 0.1) is 5.82 Å². The second kappa shape index (κ2) is 6.98. The van der Waals surface area contributed by atoms with Gasteiger partial charge in [-0.15, -0.1) is 0 Å². The molecule has 4 rings (SSSR count). The zero-order valence-electron chi connectivity index (χ0n) is 17.3. The van der Waals surface area contributed by atoms with Gasteiger partial charge in [-0.2, -0.15) is 0 Å². The molecule has 1 fully saturated rings. The summed E-state index contributed by atoms with van der Waals surface area (Å²) < 4.78 is 24.6. The highest BCUT2D eigenvalue weighted by atomic mass is 19.1. The number of hydrogen-bond donors (Lipinski definition) is 2. The maximum atomic E-state index is 13.9. The Morgan fingerprint density at radius 2 is 1.97 bits per heavy atom. The number of carbonyl (C=O) groups excluding carboxylic acids is 1. The molecule has 8 heteroatoms. The third-order valence-corrected chi connectivity index (χ3v) is 5.04. The number of benzene rings is 1. The number of rotatable bonds is 3. The molecule has 0 bridgehead atoms. The molecule has 30 heavy (non-hydrogen) atoms. The van der Waals surface area contributed by atoms with Crippen molar-refractivity contribution < 1.29 is 23.8 Å². The Labute approximate surface area is 173 Å². The van der Waals surface area contributed by atoms with Crippen molar-refractivity contribution in [2.45, 2.75) is 32.0 Å². The number of methoxy groups -OCH3 is 1. The van der Waals surface area contributed by atoms with Gasteiger partial charge in [0.25, 0.3) is 0 Å². The standard InChI is InChI=1S/C22H24FN3O4/c1-21(2,3)30-20(27)26-11-22(28,12-26)18-10-16-14(7-8-24-19(16)25-18)15-9-13(23)5-6-17(15)29-4/h5-10,28H,11-12H2,1-4H3,(H,24,25). The predicted molar refractivity (Wildman–Crippen MR) is 110 cm³/mol. The number of ether oxygens (including phenoxy) is 2. The van der Waals surface area contributed by atoms with Crippen LogP contribution in [0.2, 0.25) is 0 Å². The summed E-state index contributed by atoms with van der Waals surface area (Å²) in [5.74, 6) is 0.155. The van der Waals surface area contributed by atoms with Gasteiger partial charge in [0.1, 0.15) is 28.4 Å². The van der Waals surface area contributed by atoms with Crippen molar-refractivity contribution in [1.29, 1.82) is 0 Å². The first kappa shape index (κ1) is 20.2. The molecule has 0 unspecified atom stereocenters. The smallest absolute Gasteiger partial charge is 0.410 e. The first-order chi connectivity index (χ1) is 14.1. The van der Waals surface area contributed by atoms with Gasteiger partial charge >= 0.3 is 6.09 Å². The fourth-order valence-corrected chi connectivity index (χ4v) is 3.61. The molecule has 0 spiro atoms. The minimum absolute atomic E-state index is 0.105. The molecule has 1 aromatic carbocycles. The maximum Gasteiger partial charge on any atom is 0.410 e. The summed E-state index contributed by atoms with van der Waals surface area (Å²) in [6, 6.07) is 7.88. The molecular weight excluding hydrogens is 389 g/mol. The molecule has 0 atom stereocenters. The largest absolute Gasteiger partial charge is 0.496 e. The van der Waals surface area contributed by atoms with E-state index in [0.29, 0.717) is 22.7 Å². The van der Waals surface area contributed by atoms with Crippen LogP contribution in [0.4, 0.5) is 9.18 Å². The number of β-amino-alcohol motifs (C(OH)–C–C–N with tert-alkyl or cyclic N) is 1. The highest BCUT2D eigenvalue weighted by Gasteiger charge is 2.47. The fraction of sp³-hybridized carbons (Fsp3) is 0.364. The zero-order valence-corrected chi connectivity index (χ0v) is 17.3. The monoisotopic (exact) mass is 413 g/mol. The Morgan fingerprint density at radius 3 is 2.63 bits per heavy atom. The van der Waals surface area contributed by atoms with Crippen LogP contribution in [0.15, 0.2) is 36.5 Å². The van der Waals surface area contributed by atoms with Gasteiger partial charge in [0.15, 0.2) is 0 Å². The lowest BCUT2D eigenvalue weighted by atomic mass is 9.90. The Bertz CT molecular complexity index is 1110. The molecule has 0 aliphatic carbocycles. The molecule has 7 nitrogen and oxygen atoms in total. The average molecular weight is 413 g/mol. The van der Waals surface area contributed by atoms with Gasteiger partial charge in [-0.3, -0.25) is 0 Å². The quantitative estimate of drug-likeness (QED) is 0.682. The van der Waals surface area contributed by atoms with Crippen molar-refractivity contribution in [3.63, 3.8) is 0 Å². The Balaban J connectivity index is 1.65. The molecule has 0 radical (unpaired) electrons. The molecule has 3 aromatic rings. The number of hydrogen-bond acceptors (Lipinski definition) is 5. The van der Waals surface area contributed by atoms with E-state index in [9.17, 15) is 14.3 Å². The number of nitrogens with one attached hydrogen (secondary N) is 1. The van der Waals surface area contributed by atoms with Gasteiger partial charge in [-0.1, -0.05) is 0 Å². The number of amides is 1. The summed E-state index contributed by atoms with van der Waals surface area (Å²) in [7, 11) is 1.53. The lowest BCUT2D eigenvalue weighted by Crippen LogP contribution is -2.62. The van der Waals surface area contributed by atoms with E-state index in [0.717, 1.165) is 10.9 Å². The lowest BCUT2D eigenvalue weighted by molar-refractivity contribution is -0.105. The van der Waals surface area contributed by atoms with Crippen LogP contribution in [0.3, 0.4) is 0 Å². The van der Waals surface area contributed by atoms with Crippen molar-refractivity contribution >= 4 is 17.1 Å². The van der Waals surface area contributed by atoms with E-state index in [1.54, 1.807) is 45.2 Å². The zero-order chi connectivity index (χ0) is 21.7. The van der Waals surface area contributed by atoms with Crippen molar-refractivity contribution in [2.75, 3.05) is 20.2 Å². The number of halogens is 1. The van der Waals surface area contributed by atoms with Crippen molar-refractivity contribution in [1.82, 2.24) is 14.9 Å². The summed E-state index contributed by atoms with van der Waals surface area (Å²) in [5.41, 5.74) is 0.568. The number of aliphatic hydroxyl groups is 1. The number of H-pyrrole nitrogens is 1. The van der Waals surface area contributed by atoms with E-state index in [1.807, 2.05) is 0 Å². The first-order valence-corrected chi connectivity index (χ1v) is 9.62.